The van der Waals surface area contributed by atoms with Crippen LogP contribution in [0.1, 0.15) is 41.8 Å². The van der Waals surface area contributed by atoms with Gasteiger partial charge in [0.1, 0.15) is 17.1 Å². The zero-order chi connectivity index (χ0) is 20.7. The molecule has 0 fully saturated rings. The average Bonchev–Trinajstić information content (AvgIpc) is 2.65. The van der Waals surface area contributed by atoms with Gasteiger partial charge in [-0.25, -0.2) is 0 Å². The topological polar surface area (TPSA) is 47.6 Å². The molecule has 1 N–H and O–H groups in total. The number of alkyl halides is 3. The summed E-state index contributed by atoms with van der Waals surface area (Å²) >= 11 is 5.62. The van der Waals surface area contributed by atoms with Gasteiger partial charge in [-0.2, -0.15) is 13.2 Å². The summed E-state index contributed by atoms with van der Waals surface area (Å²) < 4.78 is 50.1. The number of halogens is 4. The van der Waals surface area contributed by atoms with Crippen LogP contribution in [0.2, 0.25) is 5.02 Å². The molecule has 28 heavy (non-hydrogen) atoms. The minimum Gasteiger partial charge on any atom is -0.493 e. The molecule has 4 nitrogen and oxygen atoms in total. The van der Waals surface area contributed by atoms with Gasteiger partial charge in [-0.3, -0.25) is 4.79 Å². The molecule has 0 heterocycles. The highest BCUT2D eigenvalue weighted by Gasteiger charge is 2.33. The van der Waals surface area contributed by atoms with Gasteiger partial charge in [0.05, 0.1) is 23.8 Å². The van der Waals surface area contributed by atoms with Crippen molar-refractivity contribution >= 4 is 17.5 Å². The van der Waals surface area contributed by atoms with Gasteiger partial charge in [-0.15, -0.1) is 0 Å². The van der Waals surface area contributed by atoms with E-state index in [1.54, 1.807) is 25.1 Å². The SMILES string of the molecule is CCCOc1cccc(OCC)c1C(=O)NCc1ccc(Cl)c(C(F)(F)F)c1. The number of rotatable bonds is 8. The van der Waals surface area contributed by atoms with Gasteiger partial charge >= 0.3 is 6.18 Å². The highest BCUT2D eigenvalue weighted by molar-refractivity contribution is 6.31. The van der Waals surface area contributed by atoms with Crippen LogP contribution in [0.5, 0.6) is 11.5 Å². The standard InChI is InChI=1S/C20H21ClF3NO3/c1-3-10-28-17-7-5-6-16(27-4-2)18(17)19(26)25-12-13-8-9-15(21)14(11-13)20(22,23)24/h5-9,11H,3-4,10,12H2,1-2H3,(H,25,26). The highest BCUT2D eigenvalue weighted by atomic mass is 35.5. The molecule has 0 aliphatic heterocycles. The molecule has 2 aromatic rings. The second-order valence-electron chi connectivity index (χ2n) is 5.91. The van der Waals surface area contributed by atoms with Gasteiger partial charge < -0.3 is 14.8 Å². The predicted molar refractivity (Wildman–Crippen MR) is 101 cm³/mol. The van der Waals surface area contributed by atoms with E-state index in [0.717, 1.165) is 18.6 Å². The first-order chi connectivity index (χ1) is 13.3. The van der Waals surface area contributed by atoms with Crippen molar-refractivity contribution in [1.29, 1.82) is 0 Å². The van der Waals surface area contributed by atoms with E-state index in [1.807, 2.05) is 6.92 Å². The smallest absolute Gasteiger partial charge is 0.417 e. The number of nitrogens with one attached hydrogen (secondary N) is 1. The van der Waals surface area contributed by atoms with Crippen LogP contribution < -0.4 is 14.8 Å². The first kappa shape index (κ1) is 21.9. The van der Waals surface area contributed by atoms with E-state index in [2.05, 4.69) is 5.32 Å². The third-order valence-electron chi connectivity index (χ3n) is 3.77. The van der Waals surface area contributed by atoms with E-state index < -0.39 is 17.6 Å². The largest absolute Gasteiger partial charge is 0.493 e. The average molecular weight is 416 g/mol. The molecular formula is C20H21ClF3NO3. The number of hydrogen-bond donors (Lipinski definition) is 1. The molecule has 0 spiro atoms. The fraction of sp³-hybridized carbons (Fsp3) is 0.350. The maximum Gasteiger partial charge on any atom is 0.417 e. The van der Waals surface area contributed by atoms with Crippen molar-refractivity contribution < 1.29 is 27.4 Å². The molecule has 0 radical (unpaired) electrons. The normalized spacial score (nSPS) is 11.2. The van der Waals surface area contributed by atoms with Crippen LogP contribution in [0.25, 0.3) is 0 Å². The van der Waals surface area contributed by atoms with Crippen LogP contribution in [-0.4, -0.2) is 19.1 Å². The molecule has 0 atom stereocenters. The Kier molecular flexibility index (Phi) is 7.57. The molecule has 152 valence electrons. The minimum absolute atomic E-state index is 0.104. The molecule has 8 heteroatoms. The van der Waals surface area contributed by atoms with Gasteiger partial charge in [0.25, 0.3) is 5.91 Å². The molecule has 1 amide bonds. The third-order valence-corrected chi connectivity index (χ3v) is 4.10. The number of hydrogen-bond acceptors (Lipinski definition) is 3. The number of benzene rings is 2. The Labute approximate surface area is 166 Å². The molecule has 0 saturated carbocycles. The summed E-state index contributed by atoms with van der Waals surface area (Å²) in [7, 11) is 0. The molecule has 0 bridgehead atoms. The van der Waals surface area contributed by atoms with Crippen molar-refractivity contribution in [3.05, 3.63) is 58.1 Å². The monoisotopic (exact) mass is 415 g/mol. The minimum atomic E-state index is -4.57. The van der Waals surface area contributed by atoms with E-state index in [4.69, 9.17) is 21.1 Å². The first-order valence-corrected chi connectivity index (χ1v) is 9.18. The zero-order valence-corrected chi connectivity index (χ0v) is 16.3. The van der Waals surface area contributed by atoms with E-state index in [1.165, 1.54) is 6.07 Å². The van der Waals surface area contributed by atoms with Crippen LogP contribution >= 0.6 is 11.6 Å². The van der Waals surface area contributed by atoms with Crippen LogP contribution in [0.4, 0.5) is 13.2 Å². The van der Waals surface area contributed by atoms with E-state index >= 15 is 0 Å². The second-order valence-corrected chi connectivity index (χ2v) is 6.31. The van der Waals surface area contributed by atoms with Crippen molar-refractivity contribution in [3.63, 3.8) is 0 Å². The van der Waals surface area contributed by atoms with Crippen LogP contribution in [-0.2, 0) is 12.7 Å². The summed E-state index contributed by atoms with van der Waals surface area (Å²) in [5.41, 5.74) is -0.458. The number of carbonyl (C=O) groups excluding carboxylic acids is 1. The van der Waals surface area contributed by atoms with Gasteiger partial charge in [-0.1, -0.05) is 30.7 Å². The summed E-state index contributed by atoms with van der Waals surface area (Å²) in [6.07, 6.45) is -3.81. The van der Waals surface area contributed by atoms with Crippen molar-refractivity contribution in [1.82, 2.24) is 5.32 Å². The lowest BCUT2D eigenvalue weighted by atomic mass is 10.1. The van der Waals surface area contributed by atoms with E-state index in [9.17, 15) is 18.0 Å². The van der Waals surface area contributed by atoms with Crippen molar-refractivity contribution in [2.24, 2.45) is 0 Å². The predicted octanol–water partition coefficient (Wildman–Crippen LogP) is 5.48. The maximum atomic E-state index is 13.0. The van der Waals surface area contributed by atoms with E-state index in [-0.39, 0.29) is 22.7 Å². The zero-order valence-electron chi connectivity index (χ0n) is 15.5. The molecule has 0 unspecified atom stereocenters. The van der Waals surface area contributed by atoms with Gasteiger partial charge in [0.15, 0.2) is 0 Å². The van der Waals surface area contributed by atoms with Crippen LogP contribution in [0.3, 0.4) is 0 Å². The summed E-state index contributed by atoms with van der Waals surface area (Å²) in [5.74, 6) is 0.205. The summed E-state index contributed by atoms with van der Waals surface area (Å²) in [5, 5.41) is 2.23. The summed E-state index contributed by atoms with van der Waals surface area (Å²) in [6.45, 7) is 4.39. The fourth-order valence-corrected chi connectivity index (χ4v) is 2.74. The third kappa shape index (κ3) is 5.55. The van der Waals surface area contributed by atoms with Gasteiger partial charge in [0, 0.05) is 6.54 Å². The highest BCUT2D eigenvalue weighted by Crippen LogP contribution is 2.35. The van der Waals surface area contributed by atoms with Crippen molar-refractivity contribution in [2.75, 3.05) is 13.2 Å². The number of amides is 1. The Morgan fingerprint density at radius 2 is 1.79 bits per heavy atom. The molecule has 0 aromatic heterocycles. The first-order valence-electron chi connectivity index (χ1n) is 8.80. The Morgan fingerprint density at radius 3 is 2.39 bits per heavy atom. The Bertz CT molecular complexity index is 825. The number of carbonyl (C=O) groups is 1. The van der Waals surface area contributed by atoms with Crippen molar-refractivity contribution in [3.8, 4) is 11.5 Å². The lowest BCUT2D eigenvalue weighted by Crippen LogP contribution is -2.24. The van der Waals surface area contributed by atoms with Crippen LogP contribution in [0, 0.1) is 0 Å². The van der Waals surface area contributed by atoms with E-state index in [0.29, 0.717) is 24.7 Å². The quantitative estimate of drug-likeness (QED) is 0.621. The lowest BCUT2D eigenvalue weighted by molar-refractivity contribution is -0.137. The Hall–Kier alpha value is -2.41. The Balaban J connectivity index is 2.23. The summed E-state index contributed by atoms with van der Waals surface area (Å²) in [4.78, 5) is 12.7. The lowest BCUT2D eigenvalue weighted by Gasteiger charge is -2.16. The molecule has 0 saturated heterocycles. The Morgan fingerprint density at radius 1 is 1.11 bits per heavy atom. The van der Waals surface area contributed by atoms with Crippen LogP contribution in [0.15, 0.2) is 36.4 Å². The summed E-state index contributed by atoms with van der Waals surface area (Å²) in [6, 6.07) is 8.52. The molecular weight excluding hydrogens is 395 g/mol. The molecule has 2 rings (SSSR count). The van der Waals surface area contributed by atoms with Gasteiger partial charge in [0.2, 0.25) is 0 Å². The molecule has 0 aliphatic rings. The maximum absolute atomic E-state index is 13.0. The molecule has 0 aliphatic carbocycles. The van der Waals surface area contributed by atoms with Gasteiger partial charge in [-0.05, 0) is 43.2 Å². The second kappa shape index (κ2) is 9.68. The van der Waals surface area contributed by atoms with Crippen molar-refractivity contribution in [2.45, 2.75) is 33.0 Å². The molecule has 2 aromatic carbocycles. The fourth-order valence-electron chi connectivity index (χ4n) is 2.51. The number of ether oxygens (including phenoxy) is 2.